The molecule has 0 atom stereocenters. The van der Waals surface area contributed by atoms with Gasteiger partial charge in [-0.25, -0.2) is 9.59 Å². The van der Waals surface area contributed by atoms with Crippen LogP contribution in [0.5, 0.6) is 0 Å². The van der Waals surface area contributed by atoms with Crippen LogP contribution in [0.1, 0.15) is 27.7 Å². The standard InChI is InChI=1S/C8H12N2O3.FH/c1-7(2,9-5-11)13-8(3,4)10-6-12;/h1-4H3;1H. The van der Waals surface area contributed by atoms with Gasteiger partial charge in [0.05, 0.1) is 0 Å². The Morgan fingerprint density at radius 1 is 0.929 bits per heavy atom. The first-order valence-electron chi connectivity index (χ1n) is 3.71. The summed E-state index contributed by atoms with van der Waals surface area (Å²) in [6, 6.07) is 0. The van der Waals surface area contributed by atoms with Crippen molar-refractivity contribution in [1.29, 1.82) is 0 Å². The number of isocyanates is 2. The van der Waals surface area contributed by atoms with Crippen molar-refractivity contribution < 1.29 is 19.0 Å². The van der Waals surface area contributed by atoms with Crippen molar-refractivity contribution in [3.63, 3.8) is 0 Å². The lowest BCUT2D eigenvalue weighted by atomic mass is 10.2. The van der Waals surface area contributed by atoms with E-state index in [1.807, 2.05) is 0 Å². The van der Waals surface area contributed by atoms with Gasteiger partial charge in [0.1, 0.15) is 0 Å². The Hall–Kier alpha value is -1.35. The number of hydrogen-bond donors (Lipinski definition) is 0. The van der Waals surface area contributed by atoms with E-state index >= 15 is 0 Å². The SMILES string of the molecule is CC(C)(N=C=O)OC(C)(C)N=C=O.F. The maximum atomic E-state index is 9.98. The number of hydrogen-bond acceptors (Lipinski definition) is 5. The average Bonchev–Trinajstić information content (AvgIpc) is 1.82. The molecule has 0 unspecified atom stereocenters. The number of ether oxygens (including phenoxy) is 1. The van der Waals surface area contributed by atoms with Gasteiger partial charge in [-0.15, -0.1) is 0 Å². The summed E-state index contributed by atoms with van der Waals surface area (Å²) >= 11 is 0. The van der Waals surface area contributed by atoms with Crippen LogP contribution >= 0.6 is 0 Å². The van der Waals surface area contributed by atoms with Crippen molar-refractivity contribution >= 4 is 12.2 Å². The largest absolute Gasteiger partial charge is 0.326 e. The maximum Gasteiger partial charge on any atom is 0.237 e. The van der Waals surface area contributed by atoms with Crippen molar-refractivity contribution in [2.24, 2.45) is 9.98 Å². The van der Waals surface area contributed by atoms with Crippen LogP contribution in [0.4, 0.5) is 4.70 Å². The third-order valence-corrected chi connectivity index (χ3v) is 1.13. The quantitative estimate of drug-likeness (QED) is 0.512. The van der Waals surface area contributed by atoms with E-state index in [1.165, 1.54) is 12.2 Å². The second kappa shape index (κ2) is 5.40. The zero-order chi connectivity index (χ0) is 10.5. The van der Waals surface area contributed by atoms with Gasteiger partial charge in [-0.1, -0.05) is 0 Å². The number of halogens is 1. The van der Waals surface area contributed by atoms with E-state index in [0.717, 1.165) is 0 Å². The van der Waals surface area contributed by atoms with Gasteiger partial charge in [-0.2, -0.15) is 9.98 Å². The molecule has 0 radical (unpaired) electrons. The van der Waals surface area contributed by atoms with Crippen molar-refractivity contribution in [2.75, 3.05) is 0 Å². The highest BCUT2D eigenvalue weighted by Crippen LogP contribution is 2.21. The molecular formula is C8H13FN2O3. The lowest BCUT2D eigenvalue weighted by Gasteiger charge is -2.27. The first kappa shape index (κ1) is 15.1. The van der Waals surface area contributed by atoms with Crippen molar-refractivity contribution in [3.8, 4) is 0 Å². The lowest BCUT2D eigenvalue weighted by molar-refractivity contribution is -0.112. The van der Waals surface area contributed by atoms with Gasteiger partial charge in [-0.3, -0.25) is 4.70 Å². The van der Waals surface area contributed by atoms with Gasteiger partial charge in [0, 0.05) is 0 Å². The summed E-state index contributed by atoms with van der Waals surface area (Å²) in [6.07, 6.45) is 2.76. The summed E-state index contributed by atoms with van der Waals surface area (Å²) in [6.45, 7) is 6.28. The first-order valence-corrected chi connectivity index (χ1v) is 3.71. The fraction of sp³-hybridized carbons (Fsp3) is 0.750. The number of nitrogens with zero attached hydrogens (tertiary/aromatic N) is 2. The molecule has 0 aromatic rings. The number of rotatable bonds is 4. The van der Waals surface area contributed by atoms with Crippen LogP contribution in [-0.2, 0) is 14.3 Å². The third kappa shape index (κ3) is 6.20. The molecule has 6 heteroatoms. The van der Waals surface area contributed by atoms with Gasteiger partial charge in [0.15, 0.2) is 11.4 Å². The second-order valence-corrected chi connectivity index (χ2v) is 3.40. The zero-order valence-corrected chi connectivity index (χ0v) is 8.53. The summed E-state index contributed by atoms with van der Waals surface area (Å²) < 4.78 is 5.25. The van der Waals surface area contributed by atoms with Gasteiger partial charge >= 0.3 is 0 Å². The molecule has 5 nitrogen and oxygen atoms in total. The van der Waals surface area contributed by atoms with Gasteiger partial charge < -0.3 is 4.74 Å². The van der Waals surface area contributed by atoms with Gasteiger partial charge in [0.25, 0.3) is 0 Å². The minimum Gasteiger partial charge on any atom is -0.326 e. The predicted octanol–water partition coefficient (Wildman–Crippen LogP) is 1.30. The summed E-state index contributed by atoms with van der Waals surface area (Å²) in [4.78, 5) is 26.8. The Morgan fingerprint density at radius 2 is 1.21 bits per heavy atom. The van der Waals surface area contributed by atoms with Crippen LogP contribution in [0.15, 0.2) is 9.98 Å². The Labute approximate surface area is 81.2 Å². The Balaban J connectivity index is 0. The molecule has 0 saturated heterocycles. The van der Waals surface area contributed by atoms with Gasteiger partial charge in [-0.05, 0) is 27.7 Å². The van der Waals surface area contributed by atoms with Crippen LogP contribution in [0.2, 0.25) is 0 Å². The van der Waals surface area contributed by atoms with E-state index in [1.54, 1.807) is 27.7 Å². The highest BCUT2D eigenvalue weighted by atomic mass is 19.0. The predicted molar refractivity (Wildman–Crippen MR) is 48.0 cm³/mol. The monoisotopic (exact) mass is 204 g/mol. The second-order valence-electron chi connectivity index (χ2n) is 3.40. The smallest absolute Gasteiger partial charge is 0.237 e. The molecular weight excluding hydrogens is 191 g/mol. The van der Waals surface area contributed by atoms with Crippen LogP contribution < -0.4 is 0 Å². The molecule has 0 aliphatic rings. The third-order valence-electron chi connectivity index (χ3n) is 1.13. The van der Waals surface area contributed by atoms with E-state index in [2.05, 4.69) is 9.98 Å². The van der Waals surface area contributed by atoms with E-state index < -0.39 is 11.4 Å². The molecule has 0 aromatic carbocycles. The van der Waals surface area contributed by atoms with Crippen molar-refractivity contribution in [2.45, 2.75) is 39.1 Å². The molecule has 0 saturated carbocycles. The minimum absolute atomic E-state index is 0. The normalized spacial score (nSPS) is 10.6. The molecule has 0 aliphatic heterocycles. The van der Waals surface area contributed by atoms with Gasteiger partial charge in [0.2, 0.25) is 12.2 Å². The maximum absolute atomic E-state index is 9.98. The topological polar surface area (TPSA) is 68.1 Å². The molecule has 0 aromatic heterocycles. The lowest BCUT2D eigenvalue weighted by Crippen LogP contribution is -2.34. The summed E-state index contributed by atoms with van der Waals surface area (Å²) in [5.74, 6) is 0. The summed E-state index contributed by atoms with van der Waals surface area (Å²) in [5.41, 5.74) is -2.07. The zero-order valence-electron chi connectivity index (χ0n) is 8.53. The van der Waals surface area contributed by atoms with Crippen LogP contribution in [0.25, 0.3) is 0 Å². The molecule has 0 spiro atoms. The Morgan fingerprint density at radius 3 is 1.43 bits per heavy atom. The van der Waals surface area contributed by atoms with E-state index in [0.29, 0.717) is 0 Å². The van der Waals surface area contributed by atoms with Crippen LogP contribution in [0, 0.1) is 0 Å². The highest BCUT2D eigenvalue weighted by molar-refractivity contribution is 5.34. The fourth-order valence-electron chi connectivity index (χ4n) is 0.877. The van der Waals surface area contributed by atoms with Crippen LogP contribution in [-0.4, -0.2) is 23.6 Å². The molecule has 0 amide bonds. The highest BCUT2D eigenvalue weighted by Gasteiger charge is 2.28. The molecule has 0 fully saturated rings. The van der Waals surface area contributed by atoms with Crippen LogP contribution in [0.3, 0.4) is 0 Å². The van der Waals surface area contributed by atoms with E-state index in [-0.39, 0.29) is 4.70 Å². The number of aliphatic imine (C=N–C) groups is 2. The first-order chi connectivity index (χ1) is 5.83. The van der Waals surface area contributed by atoms with Crippen molar-refractivity contribution in [1.82, 2.24) is 0 Å². The number of carbonyl (C=O) groups excluding carboxylic acids is 2. The van der Waals surface area contributed by atoms with E-state index in [4.69, 9.17) is 4.74 Å². The molecule has 0 N–H and O–H groups in total. The van der Waals surface area contributed by atoms with E-state index in [9.17, 15) is 9.59 Å². The molecule has 0 rings (SSSR count). The summed E-state index contributed by atoms with van der Waals surface area (Å²) in [5, 5.41) is 0. The molecule has 0 aliphatic carbocycles. The Bertz CT molecular complexity index is 248. The van der Waals surface area contributed by atoms with Crippen molar-refractivity contribution in [3.05, 3.63) is 0 Å². The average molecular weight is 204 g/mol. The summed E-state index contributed by atoms with van der Waals surface area (Å²) in [7, 11) is 0. The Kier molecular flexibility index (Phi) is 5.83. The fourth-order valence-corrected chi connectivity index (χ4v) is 0.877. The molecule has 0 bridgehead atoms. The molecule has 80 valence electrons. The minimum atomic E-state index is -1.04. The molecule has 0 heterocycles. The molecule has 14 heavy (non-hydrogen) atoms.